The first-order valence-corrected chi connectivity index (χ1v) is 6.80. The number of esters is 1. The zero-order valence-electron chi connectivity index (χ0n) is 10.9. The second-order valence-corrected chi connectivity index (χ2v) is 5.30. The Morgan fingerprint density at radius 1 is 1.38 bits per heavy atom. The summed E-state index contributed by atoms with van der Waals surface area (Å²) in [6.45, 7) is 0. The minimum Gasteiger partial charge on any atom is -0.464 e. The molecule has 7 heteroatoms. The Labute approximate surface area is 127 Å². The second-order valence-electron chi connectivity index (χ2n) is 4.44. The first kappa shape index (κ1) is 13.6. The number of carbonyl (C=O) groups excluding carboxylic acids is 2. The van der Waals surface area contributed by atoms with E-state index in [2.05, 4.69) is 30.6 Å². The van der Waals surface area contributed by atoms with Gasteiger partial charge >= 0.3 is 5.97 Å². The summed E-state index contributed by atoms with van der Waals surface area (Å²) in [4.78, 5) is 30.2. The van der Waals surface area contributed by atoms with E-state index in [-0.39, 0.29) is 5.69 Å². The molecule has 0 aliphatic carbocycles. The number of rotatable bonds is 2. The Morgan fingerprint density at radius 2 is 2.14 bits per heavy atom. The molecule has 2 aromatic heterocycles. The number of halogens is 1. The summed E-state index contributed by atoms with van der Waals surface area (Å²) < 4.78 is 5.45. The third-order valence-electron chi connectivity index (χ3n) is 3.25. The number of pyridine rings is 1. The van der Waals surface area contributed by atoms with Crippen molar-refractivity contribution in [2.24, 2.45) is 5.73 Å². The molecule has 1 aromatic carbocycles. The number of amides is 1. The van der Waals surface area contributed by atoms with E-state index in [1.54, 1.807) is 24.4 Å². The zero-order valence-corrected chi connectivity index (χ0v) is 12.5. The van der Waals surface area contributed by atoms with E-state index >= 15 is 0 Å². The minimum atomic E-state index is -0.528. The van der Waals surface area contributed by atoms with Gasteiger partial charge < -0.3 is 15.5 Å². The first-order chi connectivity index (χ1) is 10.0. The van der Waals surface area contributed by atoms with Gasteiger partial charge in [-0.25, -0.2) is 9.78 Å². The molecule has 0 saturated carbocycles. The third-order valence-corrected chi connectivity index (χ3v) is 3.91. The molecular weight excluding hydrogens is 338 g/mol. The topological polar surface area (TPSA) is 98.1 Å². The van der Waals surface area contributed by atoms with Gasteiger partial charge in [0, 0.05) is 21.4 Å². The lowest BCUT2D eigenvalue weighted by Gasteiger charge is -2.00. The predicted molar refractivity (Wildman–Crippen MR) is 81.2 cm³/mol. The van der Waals surface area contributed by atoms with E-state index in [1.807, 2.05) is 0 Å². The standard InChI is InChI=1S/C14H10BrN3O3/c1-21-14(20)10-4-9-7(5-17-10)11-8(15)3-2-6(13(16)19)12(11)18-9/h2-5,18H,1H3,(H2,16,19). The van der Waals surface area contributed by atoms with Gasteiger partial charge in [0.2, 0.25) is 0 Å². The third kappa shape index (κ3) is 2.06. The van der Waals surface area contributed by atoms with Crippen LogP contribution >= 0.6 is 15.9 Å². The van der Waals surface area contributed by atoms with Gasteiger partial charge in [0.15, 0.2) is 0 Å². The normalized spacial score (nSPS) is 11.0. The largest absolute Gasteiger partial charge is 0.464 e. The lowest BCUT2D eigenvalue weighted by Crippen LogP contribution is -2.11. The van der Waals surface area contributed by atoms with Gasteiger partial charge in [-0.3, -0.25) is 4.79 Å². The Kier molecular flexibility index (Phi) is 3.13. The number of aromatic nitrogens is 2. The highest BCUT2D eigenvalue weighted by atomic mass is 79.9. The quantitative estimate of drug-likeness (QED) is 0.695. The van der Waals surface area contributed by atoms with Crippen LogP contribution in [-0.2, 0) is 4.74 Å². The summed E-state index contributed by atoms with van der Waals surface area (Å²) in [5.41, 5.74) is 7.24. The summed E-state index contributed by atoms with van der Waals surface area (Å²) in [5, 5.41) is 1.58. The Balaban J connectivity index is 2.39. The van der Waals surface area contributed by atoms with Crippen LogP contribution in [0.2, 0.25) is 0 Å². The highest BCUT2D eigenvalue weighted by Gasteiger charge is 2.16. The molecule has 3 aromatic rings. The number of benzene rings is 1. The van der Waals surface area contributed by atoms with E-state index in [0.717, 1.165) is 15.2 Å². The van der Waals surface area contributed by atoms with Crippen LogP contribution in [0.3, 0.4) is 0 Å². The predicted octanol–water partition coefficient (Wildman–Crippen LogP) is 2.36. The van der Waals surface area contributed by atoms with Gasteiger partial charge in [-0.05, 0) is 18.2 Å². The summed E-state index contributed by atoms with van der Waals surface area (Å²) in [7, 11) is 1.29. The molecule has 0 radical (unpaired) electrons. The van der Waals surface area contributed by atoms with Gasteiger partial charge in [-0.2, -0.15) is 0 Å². The van der Waals surface area contributed by atoms with E-state index in [1.165, 1.54) is 7.11 Å². The molecule has 0 bridgehead atoms. The molecule has 0 unspecified atom stereocenters. The Hall–Kier alpha value is -2.41. The molecule has 0 saturated heterocycles. The van der Waals surface area contributed by atoms with Crippen LogP contribution in [0.5, 0.6) is 0 Å². The molecule has 3 N–H and O–H groups in total. The monoisotopic (exact) mass is 347 g/mol. The first-order valence-electron chi connectivity index (χ1n) is 6.01. The molecule has 0 aliphatic rings. The number of carbonyl (C=O) groups is 2. The van der Waals surface area contributed by atoms with Gasteiger partial charge in [-0.15, -0.1) is 0 Å². The average Bonchev–Trinajstić information content (AvgIpc) is 2.85. The van der Waals surface area contributed by atoms with Crippen molar-refractivity contribution in [1.29, 1.82) is 0 Å². The van der Waals surface area contributed by atoms with Crippen molar-refractivity contribution < 1.29 is 14.3 Å². The van der Waals surface area contributed by atoms with Crippen LogP contribution in [0.25, 0.3) is 21.8 Å². The highest BCUT2D eigenvalue weighted by Crippen LogP contribution is 2.33. The molecule has 0 fully saturated rings. The molecule has 6 nitrogen and oxygen atoms in total. The maximum atomic E-state index is 11.5. The van der Waals surface area contributed by atoms with Crippen molar-refractivity contribution in [2.45, 2.75) is 0 Å². The van der Waals surface area contributed by atoms with E-state index in [9.17, 15) is 9.59 Å². The van der Waals surface area contributed by atoms with Crippen molar-refractivity contribution >= 4 is 49.6 Å². The number of aromatic amines is 1. The smallest absolute Gasteiger partial charge is 0.356 e. The lowest BCUT2D eigenvalue weighted by molar-refractivity contribution is 0.0594. The zero-order chi connectivity index (χ0) is 15.1. The highest BCUT2D eigenvalue weighted by molar-refractivity contribution is 9.10. The van der Waals surface area contributed by atoms with Gasteiger partial charge in [0.05, 0.1) is 23.7 Å². The second kappa shape index (κ2) is 4.85. The number of hydrogen-bond donors (Lipinski definition) is 2. The molecular formula is C14H10BrN3O3. The summed E-state index contributed by atoms with van der Waals surface area (Å²) >= 11 is 3.45. The van der Waals surface area contributed by atoms with Gasteiger partial charge in [0.25, 0.3) is 5.91 Å². The van der Waals surface area contributed by atoms with Crippen LogP contribution in [0.1, 0.15) is 20.8 Å². The molecule has 0 aliphatic heterocycles. The maximum absolute atomic E-state index is 11.5. The molecule has 0 spiro atoms. The number of nitrogens with two attached hydrogens (primary N) is 1. The fourth-order valence-electron chi connectivity index (χ4n) is 2.28. The Bertz CT molecular complexity index is 901. The maximum Gasteiger partial charge on any atom is 0.356 e. The molecule has 1 amide bonds. The number of nitrogens with zero attached hydrogens (tertiary/aromatic N) is 1. The van der Waals surface area contributed by atoms with Crippen molar-refractivity contribution in [3.8, 4) is 0 Å². The number of nitrogens with one attached hydrogen (secondary N) is 1. The van der Waals surface area contributed by atoms with E-state index < -0.39 is 11.9 Å². The molecule has 3 rings (SSSR count). The SMILES string of the molecule is COC(=O)c1cc2[nH]c3c(C(N)=O)ccc(Br)c3c2cn1. The minimum absolute atomic E-state index is 0.188. The van der Waals surface area contributed by atoms with Crippen molar-refractivity contribution in [2.75, 3.05) is 7.11 Å². The van der Waals surface area contributed by atoms with Crippen LogP contribution in [0.15, 0.2) is 28.9 Å². The fourth-order valence-corrected chi connectivity index (χ4v) is 2.83. The van der Waals surface area contributed by atoms with Crippen LogP contribution in [-0.4, -0.2) is 29.0 Å². The van der Waals surface area contributed by atoms with Crippen LogP contribution < -0.4 is 5.73 Å². The average molecular weight is 348 g/mol. The number of methoxy groups -OCH3 is 1. The lowest BCUT2D eigenvalue weighted by atomic mass is 10.1. The number of H-pyrrole nitrogens is 1. The van der Waals surface area contributed by atoms with Crippen molar-refractivity contribution in [3.05, 3.63) is 40.1 Å². The van der Waals surface area contributed by atoms with E-state index in [4.69, 9.17) is 5.73 Å². The number of ether oxygens (including phenoxy) is 1. The van der Waals surface area contributed by atoms with Gasteiger partial charge in [0.1, 0.15) is 5.69 Å². The Morgan fingerprint density at radius 3 is 2.81 bits per heavy atom. The fraction of sp³-hybridized carbons (Fsp3) is 0.0714. The summed E-state index contributed by atoms with van der Waals surface area (Å²) in [6.07, 6.45) is 1.57. The number of fused-ring (bicyclic) bond motifs is 3. The number of primary amides is 1. The molecule has 0 atom stereocenters. The van der Waals surface area contributed by atoms with Gasteiger partial charge in [-0.1, -0.05) is 15.9 Å². The number of hydrogen-bond acceptors (Lipinski definition) is 4. The van der Waals surface area contributed by atoms with Crippen LogP contribution in [0, 0.1) is 0 Å². The summed E-state index contributed by atoms with van der Waals surface area (Å²) in [5.74, 6) is -1.05. The van der Waals surface area contributed by atoms with Crippen LogP contribution in [0.4, 0.5) is 0 Å². The van der Waals surface area contributed by atoms with Crippen molar-refractivity contribution in [1.82, 2.24) is 9.97 Å². The molecule has 106 valence electrons. The molecule has 21 heavy (non-hydrogen) atoms. The van der Waals surface area contributed by atoms with E-state index in [0.29, 0.717) is 16.6 Å². The van der Waals surface area contributed by atoms with Crippen molar-refractivity contribution in [3.63, 3.8) is 0 Å². The molecule has 2 heterocycles. The summed E-state index contributed by atoms with van der Waals surface area (Å²) in [6, 6.07) is 4.97.